The first-order valence-electron chi connectivity index (χ1n) is 7.52. The molecule has 1 aromatic carbocycles. The normalized spacial score (nSPS) is 17.9. The van der Waals surface area contributed by atoms with Crippen LogP contribution in [0.5, 0.6) is 5.75 Å². The number of unbranched alkanes of at least 4 members (excludes halogenated alkanes) is 4. The second-order valence-electron chi connectivity index (χ2n) is 5.27. The van der Waals surface area contributed by atoms with E-state index in [1.807, 2.05) is 30.4 Å². The molecule has 0 bridgehead atoms. The van der Waals surface area contributed by atoms with E-state index in [0.717, 1.165) is 6.54 Å². The van der Waals surface area contributed by atoms with Crippen LogP contribution in [-0.4, -0.2) is 21.1 Å². The van der Waals surface area contributed by atoms with Crippen molar-refractivity contribution in [3.63, 3.8) is 0 Å². The highest BCUT2D eigenvalue weighted by Crippen LogP contribution is 2.29. The number of phenols is 1. The molecule has 1 aromatic rings. The van der Waals surface area contributed by atoms with Crippen molar-refractivity contribution < 1.29 is 5.11 Å². The Morgan fingerprint density at radius 2 is 1.90 bits per heavy atom. The zero-order valence-corrected chi connectivity index (χ0v) is 13.0. The van der Waals surface area contributed by atoms with Crippen LogP contribution in [0.4, 0.5) is 0 Å². The highest BCUT2D eigenvalue weighted by Gasteiger charge is 2.18. The summed E-state index contributed by atoms with van der Waals surface area (Å²) in [6.45, 7) is 3.10. The minimum absolute atomic E-state index is 0.321. The largest absolute Gasteiger partial charge is 0.508 e. The second kappa shape index (κ2) is 8.20. The zero-order valence-electron chi connectivity index (χ0n) is 12.2. The van der Waals surface area contributed by atoms with Gasteiger partial charge < -0.3 is 9.41 Å². The molecule has 1 aliphatic rings. The number of benzene rings is 1. The molecule has 1 atom stereocenters. The molecule has 110 valence electrons. The molecule has 0 aromatic heterocycles. The fourth-order valence-corrected chi connectivity index (χ4v) is 3.29. The number of aromatic hydroxyl groups is 1. The van der Waals surface area contributed by atoms with E-state index in [1.165, 1.54) is 44.1 Å². The fraction of sp³-hybridized carbons (Fsp3) is 0.562. The Hall–Kier alpha value is -1.16. The van der Waals surface area contributed by atoms with Gasteiger partial charge in [0, 0.05) is 0 Å². The first kappa shape index (κ1) is 15.2. The molecule has 0 fully saturated rings. The van der Waals surface area contributed by atoms with Crippen LogP contribution in [0.25, 0.3) is 0 Å². The third-order valence-electron chi connectivity index (χ3n) is 3.45. The number of hydrogen-bond acceptors (Lipinski definition) is 4. The van der Waals surface area contributed by atoms with E-state index in [4.69, 9.17) is 0 Å². The summed E-state index contributed by atoms with van der Waals surface area (Å²) in [5.74, 6) is 0.321. The summed E-state index contributed by atoms with van der Waals surface area (Å²) in [6.07, 6.45) is 9.76. The molecule has 1 aliphatic heterocycles. The van der Waals surface area contributed by atoms with Gasteiger partial charge in [-0.05, 0) is 36.1 Å². The number of rotatable bonds is 8. The molecule has 3 nitrogen and oxygen atoms in total. The second-order valence-corrected chi connectivity index (χ2v) is 6.49. The Bertz CT molecular complexity index is 419. The Labute approximate surface area is 126 Å². The summed E-state index contributed by atoms with van der Waals surface area (Å²) in [5, 5.41) is 9.67. The SMILES string of the molecule is CCCCCCCC1N=CN(Cc2ccc(O)cc2)S1. The van der Waals surface area contributed by atoms with Crippen molar-refractivity contribution >= 4 is 18.3 Å². The van der Waals surface area contributed by atoms with E-state index in [9.17, 15) is 5.11 Å². The van der Waals surface area contributed by atoms with E-state index in [0.29, 0.717) is 11.1 Å². The predicted molar refractivity (Wildman–Crippen MR) is 86.9 cm³/mol. The first-order valence-corrected chi connectivity index (χ1v) is 8.36. The van der Waals surface area contributed by atoms with Crippen LogP contribution >= 0.6 is 11.9 Å². The van der Waals surface area contributed by atoms with Crippen molar-refractivity contribution in [3.8, 4) is 5.75 Å². The van der Waals surface area contributed by atoms with Crippen molar-refractivity contribution in [1.82, 2.24) is 4.31 Å². The quantitative estimate of drug-likeness (QED) is 0.563. The van der Waals surface area contributed by atoms with Crippen molar-refractivity contribution in [2.45, 2.75) is 57.4 Å². The topological polar surface area (TPSA) is 35.8 Å². The zero-order chi connectivity index (χ0) is 14.2. The molecule has 1 N–H and O–H groups in total. The lowest BCUT2D eigenvalue weighted by Crippen LogP contribution is -2.10. The number of nitrogens with zero attached hydrogens (tertiary/aromatic N) is 2. The van der Waals surface area contributed by atoms with Gasteiger partial charge in [0.1, 0.15) is 11.1 Å². The first-order chi connectivity index (χ1) is 9.78. The molecule has 2 rings (SSSR count). The Kier molecular flexibility index (Phi) is 6.25. The smallest absolute Gasteiger partial charge is 0.117 e. The van der Waals surface area contributed by atoms with E-state index in [-0.39, 0.29) is 0 Å². The highest BCUT2D eigenvalue weighted by molar-refractivity contribution is 7.98. The Balaban J connectivity index is 1.65. The van der Waals surface area contributed by atoms with Gasteiger partial charge in [-0.25, -0.2) is 0 Å². The van der Waals surface area contributed by atoms with Gasteiger partial charge in [-0.1, -0.05) is 51.2 Å². The van der Waals surface area contributed by atoms with Crippen LogP contribution in [0.2, 0.25) is 0 Å². The summed E-state index contributed by atoms with van der Waals surface area (Å²) in [5.41, 5.74) is 1.20. The van der Waals surface area contributed by atoms with Crippen LogP contribution in [-0.2, 0) is 6.54 Å². The van der Waals surface area contributed by atoms with Crippen molar-refractivity contribution in [1.29, 1.82) is 0 Å². The molecule has 0 amide bonds. The summed E-state index contributed by atoms with van der Waals surface area (Å²) in [4.78, 5) is 4.56. The molecular weight excluding hydrogens is 268 g/mol. The van der Waals surface area contributed by atoms with Crippen molar-refractivity contribution in [3.05, 3.63) is 29.8 Å². The monoisotopic (exact) mass is 292 g/mol. The Morgan fingerprint density at radius 1 is 1.15 bits per heavy atom. The van der Waals surface area contributed by atoms with Gasteiger partial charge in [0.2, 0.25) is 0 Å². The molecule has 0 radical (unpaired) electrons. The highest BCUT2D eigenvalue weighted by atomic mass is 32.2. The average Bonchev–Trinajstić information content (AvgIpc) is 2.89. The van der Waals surface area contributed by atoms with Crippen LogP contribution in [0.3, 0.4) is 0 Å². The summed E-state index contributed by atoms with van der Waals surface area (Å²) < 4.78 is 2.18. The van der Waals surface area contributed by atoms with Gasteiger partial charge in [0.15, 0.2) is 0 Å². The van der Waals surface area contributed by atoms with Gasteiger partial charge in [-0.2, -0.15) is 0 Å². The lowest BCUT2D eigenvalue weighted by atomic mass is 10.1. The molecule has 0 saturated heterocycles. The molecule has 1 heterocycles. The van der Waals surface area contributed by atoms with Gasteiger partial charge in [-0.3, -0.25) is 4.99 Å². The van der Waals surface area contributed by atoms with E-state index in [2.05, 4.69) is 16.2 Å². The van der Waals surface area contributed by atoms with Gasteiger partial charge in [-0.15, -0.1) is 0 Å². The lowest BCUT2D eigenvalue weighted by molar-refractivity contribution is 0.475. The minimum Gasteiger partial charge on any atom is -0.508 e. The van der Waals surface area contributed by atoms with Crippen LogP contribution in [0, 0.1) is 0 Å². The molecule has 4 heteroatoms. The van der Waals surface area contributed by atoms with Crippen LogP contribution < -0.4 is 0 Å². The molecule has 20 heavy (non-hydrogen) atoms. The lowest BCUT2D eigenvalue weighted by Gasteiger charge is -2.15. The number of aliphatic imine (C=N–C) groups is 1. The predicted octanol–water partition coefficient (Wildman–Crippen LogP) is 4.57. The maximum absolute atomic E-state index is 9.27. The van der Waals surface area contributed by atoms with Gasteiger partial charge in [0.25, 0.3) is 0 Å². The van der Waals surface area contributed by atoms with Crippen LogP contribution in [0.1, 0.15) is 51.0 Å². The van der Waals surface area contributed by atoms with Crippen LogP contribution in [0.15, 0.2) is 29.3 Å². The van der Waals surface area contributed by atoms with Crippen molar-refractivity contribution in [2.75, 3.05) is 0 Å². The maximum Gasteiger partial charge on any atom is 0.117 e. The average molecular weight is 292 g/mol. The van der Waals surface area contributed by atoms with Gasteiger partial charge in [0.05, 0.1) is 12.9 Å². The standard InChI is InChI=1S/C16H24N2OS/c1-2-3-4-5-6-7-16-17-13-18(20-16)12-14-8-10-15(19)11-9-14/h8-11,13,16,19H,2-7,12H2,1H3. The summed E-state index contributed by atoms with van der Waals surface area (Å²) >= 11 is 1.82. The fourth-order valence-electron chi connectivity index (χ4n) is 2.27. The maximum atomic E-state index is 9.27. The van der Waals surface area contributed by atoms with E-state index in [1.54, 1.807) is 12.1 Å². The molecule has 0 aliphatic carbocycles. The van der Waals surface area contributed by atoms with E-state index < -0.39 is 0 Å². The third kappa shape index (κ3) is 5.08. The Morgan fingerprint density at radius 3 is 2.65 bits per heavy atom. The van der Waals surface area contributed by atoms with Gasteiger partial charge >= 0.3 is 0 Å². The third-order valence-corrected chi connectivity index (χ3v) is 4.54. The number of phenolic OH excluding ortho intramolecular Hbond substituents is 1. The summed E-state index contributed by atoms with van der Waals surface area (Å²) in [6, 6.07) is 7.39. The molecular formula is C16H24N2OS. The summed E-state index contributed by atoms with van der Waals surface area (Å²) in [7, 11) is 0. The van der Waals surface area contributed by atoms with E-state index >= 15 is 0 Å². The number of hydrogen-bond donors (Lipinski definition) is 1. The minimum atomic E-state index is 0.321. The molecule has 0 spiro atoms. The molecule has 0 saturated carbocycles. The molecule has 1 unspecified atom stereocenters. The van der Waals surface area contributed by atoms with Crippen molar-refractivity contribution in [2.24, 2.45) is 4.99 Å².